The number of nitrogens with zero attached hydrogens (tertiary/aromatic N) is 2. The number of aromatic nitrogens is 2. The van der Waals surface area contributed by atoms with Crippen molar-refractivity contribution in [1.82, 2.24) is 9.97 Å². The molecular weight excluding hydrogens is 252 g/mol. The Morgan fingerprint density at radius 3 is 2.72 bits per heavy atom. The van der Waals surface area contributed by atoms with Crippen LogP contribution in [-0.4, -0.2) is 35.8 Å². The van der Waals surface area contributed by atoms with Gasteiger partial charge < -0.3 is 15.4 Å². The van der Waals surface area contributed by atoms with Gasteiger partial charge in [-0.25, -0.2) is 4.98 Å². The van der Waals surface area contributed by atoms with Gasteiger partial charge in [0, 0.05) is 20.2 Å². The molecule has 0 aromatic carbocycles. The summed E-state index contributed by atoms with van der Waals surface area (Å²) >= 11 is 6.05. The van der Waals surface area contributed by atoms with Gasteiger partial charge in [0.1, 0.15) is 5.02 Å². The third-order valence-corrected chi connectivity index (χ3v) is 2.79. The van der Waals surface area contributed by atoms with Gasteiger partial charge in [-0.1, -0.05) is 18.5 Å². The monoisotopic (exact) mass is 272 g/mol. The van der Waals surface area contributed by atoms with Crippen LogP contribution in [0.3, 0.4) is 0 Å². The molecule has 1 rings (SSSR count). The molecule has 2 N–H and O–H groups in total. The Kier molecular flexibility index (Phi) is 5.62. The second-order valence-corrected chi connectivity index (χ2v) is 5.04. The second kappa shape index (κ2) is 6.75. The topological polar surface area (TPSA) is 59.1 Å². The Labute approximate surface area is 113 Å². The smallest absolute Gasteiger partial charge is 0.224 e. The number of ether oxygens (including phenoxy) is 1. The fourth-order valence-electron chi connectivity index (χ4n) is 1.18. The van der Waals surface area contributed by atoms with E-state index in [-0.39, 0.29) is 5.60 Å². The molecule has 0 saturated carbocycles. The Balaban J connectivity index is 2.69. The van der Waals surface area contributed by atoms with E-state index in [4.69, 9.17) is 16.3 Å². The average molecular weight is 273 g/mol. The molecular formula is C12H21ClN4O. The Morgan fingerprint density at radius 1 is 1.39 bits per heavy atom. The van der Waals surface area contributed by atoms with E-state index in [0.29, 0.717) is 23.3 Å². The molecule has 0 atom stereocenters. The highest BCUT2D eigenvalue weighted by molar-refractivity contribution is 6.32. The number of hydrogen-bond acceptors (Lipinski definition) is 5. The summed E-state index contributed by atoms with van der Waals surface area (Å²) in [4.78, 5) is 8.44. The van der Waals surface area contributed by atoms with Crippen molar-refractivity contribution in [1.29, 1.82) is 0 Å². The quantitative estimate of drug-likeness (QED) is 0.799. The largest absolute Gasteiger partial charge is 0.377 e. The molecule has 0 amide bonds. The molecule has 0 spiro atoms. The van der Waals surface area contributed by atoms with Gasteiger partial charge >= 0.3 is 0 Å². The van der Waals surface area contributed by atoms with Crippen LogP contribution < -0.4 is 10.6 Å². The predicted molar refractivity (Wildman–Crippen MR) is 75.4 cm³/mol. The molecule has 1 aromatic rings. The molecule has 0 bridgehead atoms. The van der Waals surface area contributed by atoms with E-state index in [1.54, 1.807) is 13.3 Å². The highest BCUT2D eigenvalue weighted by Crippen LogP contribution is 2.20. The molecule has 1 heterocycles. The Bertz CT molecular complexity index is 384. The van der Waals surface area contributed by atoms with Crippen molar-refractivity contribution in [2.75, 3.05) is 30.8 Å². The molecule has 6 heteroatoms. The Hall–Kier alpha value is -1.07. The van der Waals surface area contributed by atoms with Gasteiger partial charge in [0.15, 0.2) is 5.82 Å². The first kappa shape index (κ1) is 15.0. The molecule has 18 heavy (non-hydrogen) atoms. The number of hydrogen-bond donors (Lipinski definition) is 2. The van der Waals surface area contributed by atoms with Crippen molar-refractivity contribution in [3.63, 3.8) is 0 Å². The van der Waals surface area contributed by atoms with Crippen LogP contribution in [0.15, 0.2) is 6.20 Å². The normalized spacial score (nSPS) is 11.4. The van der Waals surface area contributed by atoms with Crippen molar-refractivity contribution in [3.8, 4) is 0 Å². The molecule has 0 aliphatic rings. The molecule has 0 saturated heterocycles. The lowest BCUT2D eigenvalue weighted by Crippen LogP contribution is -2.32. The number of anilines is 2. The molecule has 102 valence electrons. The average Bonchev–Trinajstić information content (AvgIpc) is 2.36. The molecule has 0 radical (unpaired) electrons. The summed E-state index contributed by atoms with van der Waals surface area (Å²) in [7, 11) is 1.68. The van der Waals surface area contributed by atoms with Gasteiger partial charge in [0.2, 0.25) is 5.95 Å². The van der Waals surface area contributed by atoms with Gasteiger partial charge in [-0.15, -0.1) is 0 Å². The number of nitrogens with one attached hydrogen (secondary N) is 2. The zero-order chi connectivity index (χ0) is 13.6. The summed E-state index contributed by atoms with van der Waals surface area (Å²) in [6.07, 6.45) is 2.61. The van der Waals surface area contributed by atoms with Crippen molar-refractivity contribution in [2.24, 2.45) is 0 Å². The van der Waals surface area contributed by atoms with Crippen LogP contribution in [0.4, 0.5) is 11.8 Å². The Morgan fingerprint density at radius 2 is 2.11 bits per heavy atom. The lowest BCUT2D eigenvalue weighted by atomic mass is 10.1. The van der Waals surface area contributed by atoms with Gasteiger partial charge in [0.05, 0.1) is 11.8 Å². The number of halogens is 1. The first-order chi connectivity index (χ1) is 8.48. The van der Waals surface area contributed by atoms with Crippen LogP contribution in [0.5, 0.6) is 0 Å². The zero-order valence-corrected chi connectivity index (χ0v) is 12.1. The van der Waals surface area contributed by atoms with Gasteiger partial charge in [0.25, 0.3) is 0 Å². The minimum Gasteiger partial charge on any atom is -0.377 e. The van der Waals surface area contributed by atoms with Crippen LogP contribution in [0, 0.1) is 0 Å². The predicted octanol–water partition coefficient (Wildman–Crippen LogP) is 2.79. The van der Waals surface area contributed by atoms with E-state index in [9.17, 15) is 0 Å². The lowest BCUT2D eigenvalue weighted by Gasteiger charge is -2.23. The van der Waals surface area contributed by atoms with E-state index in [2.05, 4.69) is 27.5 Å². The standard InChI is InChI=1S/C12H21ClN4O/c1-5-6-14-11-15-7-9(13)10(17-11)16-8-12(2,3)18-4/h7H,5-6,8H2,1-4H3,(H2,14,15,16,17). The third-order valence-electron chi connectivity index (χ3n) is 2.51. The summed E-state index contributed by atoms with van der Waals surface area (Å²) in [6.45, 7) is 7.53. The number of methoxy groups -OCH3 is 1. The van der Waals surface area contributed by atoms with E-state index < -0.39 is 0 Å². The fraction of sp³-hybridized carbons (Fsp3) is 0.667. The molecule has 0 fully saturated rings. The minimum atomic E-state index is -0.273. The summed E-state index contributed by atoms with van der Waals surface area (Å²) in [5.41, 5.74) is -0.273. The fourth-order valence-corrected chi connectivity index (χ4v) is 1.34. The van der Waals surface area contributed by atoms with E-state index in [1.165, 1.54) is 0 Å². The second-order valence-electron chi connectivity index (χ2n) is 4.63. The molecule has 0 unspecified atom stereocenters. The van der Waals surface area contributed by atoms with Crippen molar-refractivity contribution in [3.05, 3.63) is 11.2 Å². The van der Waals surface area contributed by atoms with Gasteiger partial charge in [-0.05, 0) is 20.3 Å². The van der Waals surface area contributed by atoms with Crippen molar-refractivity contribution < 1.29 is 4.74 Å². The maximum absolute atomic E-state index is 6.05. The maximum Gasteiger partial charge on any atom is 0.224 e. The highest BCUT2D eigenvalue weighted by atomic mass is 35.5. The van der Waals surface area contributed by atoms with Crippen LogP contribution in [0.25, 0.3) is 0 Å². The summed E-state index contributed by atoms with van der Waals surface area (Å²) in [6, 6.07) is 0. The lowest BCUT2D eigenvalue weighted by molar-refractivity contribution is 0.0343. The van der Waals surface area contributed by atoms with Crippen LogP contribution in [0.1, 0.15) is 27.2 Å². The van der Waals surface area contributed by atoms with E-state index in [1.807, 2.05) is 13.8 Å². The van der Waals surface area contributed by atoms with Gasteiger partial charge in [-0.2, -0.15) is 4.98 Å². The van der Waals surface area contributed by atoms with Crippen molar-refractivity contribution >= 4 is 23.4 Å². The van der Waals surface area contributed by atoms with Crippen molar-refractivity contribution in [2.45, 2.75) is 32.8 Å². The van der Waals surface area contributed by atoms with Crippen LogP contribution in [0.2, 0.25) is 5.02 Å². The van der Waals surface area contributed by atoms with Crippen LogP contribution in [-0.2, 0) is 4.74 Å². The van der Waals surface area contributed by atoms with Gasteiger partial charge in [-0.3, -0.25) is 0 Å². The summed E-state index contributed by atoms with van der Waals surface area (Å²) in [5.74, 6) is 1.20. The van der Waals surface area contributed by atoms with E-state index in [0.717, 1.165) is 13.0 Å². The molecule has 1 aromatic heterocycles. The molecule has 5 nitrogen and oxygen atoms in total. The van der Waals surface area contributed by atoms with Crippen LogP contribution >= 0.6 is 11.6 Å². The minimum absolute atomic E-state index is 0.273. The van der Waals surface area contributed by atoms with E-state index >= 15 is 0 Å². The SMILES string of the molecule is CCCNc1ncc(Cl)c(NCC(C)(C)OC)n1. The first-order valence-electron chi connectivity index (χ1n) is 6.04. The molecule has 0 aliphatic heterocycles. The molecule has 0 aliphatic carbocycles. The third kappa shape index (κ3) is 4.66. The number of rotatable bonds is 7. The summed E-state index contributed by atoms with van der Waals surface area (Å²) in [5, 5.41) is 6.80. The zero-order valence-electron chi connectivity index (χ0n) is 11.4. The highest BCUT2D eigenvalue weighted by Gasteiger charge is 2.17. The first-order valence-corrected chi connectivity index (χ1v) is 6.41. The maximum atomic E-state index is 6.05. The summed E-state index contributed by atoms with van der Waals surface area (Å²) < 4.78 is 5.33.